The molecule has 0 bridgehead atoms. The van der Waals surface area contributed by atoms with Crippen LogP contribution in [-0.4, -0.2) is 53.9 Å². The lowest BCUT2D eigenvalue weighted by atomic mass is 10.0. The Labute approximate surface area is 176 Å². The monoisotopic (exact) mass is 427 g/mol. The Bertz CT molecular complexity index is 671. The van der Waals surface area contributed by atoms with Gasteiger partial charge in [0.15, 0.2) is 0 Å². The molecule has 2 rings (SSSR count). The molecule has 1 aromatic rings. The number of amides is 2. The van der Waals surface area contributed by atoms with Crippen molar-refractivity contribution in [3.05, 3.63) is 34.4 Å². The Morgan fingerprint density at radius 1 is 1.21 bits per heavy atom. The third-order valence-electron chi connectivity index (χ3n) is 4.83. The summed E-state index contributed by atoms with van der Waals surface area (Å²) < 4.78 is 0. The van der Waals surface area contributed by atoms with Crippen LogP contribution >= 0.6 is 12.4 Å². The maximum absolute atomic E-state index is 12.6. The fourth-order valence-corrected chi connectivity index (χ4v) is 3.31. The van der Waals surface area contributed by atoms with Crippen molar-refractivity contribution in [2.24, 2.45) is 5.73 Å². The molecular weight excluding hydrogens is 398 g/mol. The van der Waals surface area contributed by atoms with Crippen molar-refractivity contribution in [1.82, 2.24) is 10.2 Å². The van der Waals surface area contributed by atoms with Crippen molar-refractivity contribution < 1.29 is 14.5 Å². The van der Waals surface area contributed by atoms with Crippen molar-refractivity contribution in [2.75, 3.05) is 31.5 Å². The molecule has 0 aliphatic carbocycles. The van der Waals surface area contributed by atoms with E-state index in [9.17, 15) is 19.7 Å². The van der Waals surface area contributed by atoms with E-state index >= 15 is 0 Å². The van der Waals surface area contributed by atoms with E-state index in [4.69, 9.17) is 5.73 Å². The van der Waals surface area contributed by atoms with Gasteiger partial charge in [0.05, 0.1) is 4.92 Å². The number of halogens is 1. The molecule has 1 aliphatic heterocycles. The Kier molecular flexibility index (Phi) is 11.0. The molecule has 1 saturated heterocycles. The number of nitro groups is 1. The van der Waals surface area contributed by atoms with E-state index < -0.39 is 4.92 Å². The third-order valence-corrected chi connectivity index (χ3v) is 4.83. The molecule has 4 N–H and O–H groups in total. The minimum Gasteiger partial charge on any atom is -0.385 e. The van der Waals surface area contributed by atoms with Crippen LogP contribution in [0.25, 0.3) is 0 Å². The van der Waals surface area contributed by atoms with Crippen LogP contribution in [0.3, 0.4) is 0 Å². The lowest BCUT2D eigenvalue weighted by molar-refractivity contribution is -0.384. The first-order chi connectivity index (χ1) is 13.5. The van der Waals surface area contributed by atoms with Gasteiger partial charge in [-0.25, -0.2) is 0 Å². The molecule has 1 fully saturated rings. The predicted octanol–water partition coefficient (Wildman–Crippen LogP) is 2.05. The molecule has 0 aromatic heterocycles. The average Bonchev–Trinajstić information content (AvgIpc) is 2.70. The number of hydrogen-bond donors (Lipinski definition) is 3. The number of piperidine rings is 1. The summed E-state index contributed by atoms with van der Waals surface area (Å²) in [6, 6.07) is 6.26. The summed E-state index contributed by atoms with van der Waals surface area (Å²) in [6.07, 6.45) is 4.33. The van der Waals surface area contributed by atoms with Gasteiger partial charge in [-0.15, -0.1) is 12.4 Å². The van der Waals surface area contributed by atoms with E-state index in [-0.39, 0.29) is 36.0 Å². The quantitative estimate of drug-likeness (QED) is 0.297. The standard InChI is InChI=1S/C19H29N5O4.ClH/c20-11-10-18(25)22-14-17-4-1-2-13-23(17)19(26)5-3-12-21-15-6-8-16(9-7-15)24(27)28;/h6-9,17,21H,1-5,10-14,20H2,(H,22,25);1H. The van der Waals surface area contributed by atoms with Crippen molar-refractivity contribution in [3.63, 3.8) is 0 Å². The second-order valence-corrected chi connectivity index (χ2v) is 6.91. The second kappa shape index (κ2) is 12.9. The number of likely N-dealkylation sites (tertiary alicyclic amines) is 1. The van der Waals surface area contributed by atoms with Gasteiger partial charge >= 0.3 is 0 Å². The fraction of sp³-hybridized carbons (Fsp3) is 0.579. The van der Waals surface area contributed by atoms with Crippen LogP contribution in [0, 0.1) is 10.1 Å². The summed E-state index contributed by atoms with van der Waals surface area (Å²) in [5, 5.41) is 16.7. The highest BCUT2D eigenvalue weighted by molar-refractivity contribution is 5.85. The highest BCUT2D eigenvalue weighted by atomic mass is 35.5. The maximum atomic E-state index is 12.6. The molecule has 1 aliphatic rings. The number of rotatable bonds is 10. The Hall–Kier alpha value is -2.39. The summed E-state index contributed by atoms with van der Waals surface area (Å²) in [5.74, 6) is 0.0241. The molecule has 0 radical (unpaired) electrons. The fourth-order valence-electron chi connectivity index (χ4n) is 3.31. The zero-order chi connectivity index (χ0) is 20.4. The Morgan fingerprint density at radius 2 is 1.93 bits per heavy atom. The third kappa shape index (κ3) is 8.25. The van der Waals surface area contributed by atoms with Crippen LogP contribution < -0.4 is 16.4 Å². The Morgan fingerprint density at radius 3 is 2.59 bits per heavy atom. The zero-order valence-corrected chi connectivity index (χ0v) is 17.3. The van der Waals surface area contributed by atoms with Crippen molar-refractivity contribution in [1.29, 1.82) is 0 Å². The first-order valence-electron chi connectivity index (χ1n) is 9.76. The van der Waals surface area contributed by atoms with E-state index in [0.29, 0.717) is 38.9 Å². The smallest absolute Gasteiger partial charge is 0.269 e. The molecule has 1 heterocycles. The molecule has 10 heteroatoms. The summed E-state index contributed by atoms with van der Waals surface area (Å²) >= 11 is 0. The van der Waals surface area contributed by atoms with E-state index in [1.807, 2.05) is 4.90 Å². The van der Waals surface area contributed by atoms with Gasteiger partial charge in [-0.3, -0.25) is 19.7 Å². The number of nitrogens with one attached hydrogen (secondary N) is 2. The molecule has 9 nitrogen and oxygen atoms in total. The number of benzene rings is 1. The summed E-state index contributed by atoms with van der Waals surface area (Å²) in [7, 11) is 0. The van der Waals surface area contributed by atoms with E-state index in [1.54, 1.807) is 12.1 Å². The topological polar surface area (TPSA) is 131 Å². The SMILES string of the molecule is Cl.NCCC(=O)NCC1CCCCN1C(=O)CCCNc1ccc([N+](=O)[O-])cc1. The molecule has 29 heavy (non-hydrogen) atoms. The molecule has 162 valence electrons. The number of carbonyl (C=O) groups excluding carboxylic acids is 2. The van der Waals surface area contributed by atoms with Gasteiger partial charge in [0, 0.05) is 62.9 Å². The lowest BCUT2D eigenvalue weighted by Crippen LogP contribution is -2.49. The minimum atomic E-state index is -0.435. The van der Waals surface area contributed by atoms with Gasteiger partial charge in [0.2, 0.25) is 11.8 Å². The second-order valence-electron chi connectivity index (χ2n) is 6.91. The number of nitrogens with two attached hydrogens (primary N) is 1. The molecule has 2 amide bonds. The Balaban J connectivity index is 0.00000420. The number of hydrogen-bond acceptors (Lipinski definition) is 6. The van der Waals surface area contributed by atoms with Crippen LogP contribution in [-0.2, 0) is 9.59 Å². The van der Waals surface area contributed by atoms with E-state index in [2.05, 4.69) is 10.6 Å². The zero-order valence-electron chi connectivity index (χ0n) is 16.5. The van der Waals surface area contributed by atoms with Crippen molar-refractivity contribution in [3.8, 4) is 0 Å². The highest BCUT2D eigenvalue weighted by Gasteiger charge is 2.26. The average molecular weight is 428 g/mol. The summed E-state index contributed by atoms with van der Waals surface area (Å²) in [4.78, 5) is 36.3. The number of nitro benzene ring substituents is 1. The highest BCUT2D eigenvalue weighted by Crippen LogP contribution is 2.19. The molecule has 1 aromatic carbocycles. The minimum absolute atomic E-state index is 0. The van der Waals surface area contributed by atoms with Crippen LogP contribution in [0.2, 0.25) is 0 Å². The van der Waals surface area contributed by atoms with Gasteiger partial charge in [-0.05, 0) is 37.8 Å². The van der Waals surface area contributed by atoms with Crippen molar-refractivity contribution in [2.45, 2.75) is 44.6 Å². The van der Waals surface area contributed by atoms with Crippen LogP contribution in [0.4, 0.5) is 11.4 Å². The van der Waals surface area contributed by atoms with E-state index in [1.165, 1.54) is 12.1 Å². The maximum Gasteiger partial charge on any atom is 0.269 e. The number of carbonyl (C=O) groups is 2. The number of nitrogens with zero attached hydrogens (tertiary/aromatic N) is 2. The van der Waals surface area contributed by atoms with Gasteiger partial charge in [-0.1, -0.05) is 0 Å². The first kappa shape index (κ1) is 24.6. The van der Waals surface area contributed by atoms with Crippen LogP contribution in [0.15, 0.2) is 24.3 Å². The lowest BCUT2D eigenvalue weighted by Gasteiger charge is -2.36. The predicted molar refractivity (Wildman–Crippen MR) is 114 cm³/mol. The van der Waals surface area contributed by atoms with E-state index in [0.717, 1.165) is 31.5 Å². The molecule has 1 unspecified atom stereocenters. The first-order valence-corrected chi connectivity index (χ1v) is 9.76. The summed E-state index contributed by atoms with van der Waals surface area (Å²) in [6.45, 7) is 2.13. The molecule has 1 atom stereocenters. The van der Waals surface area contributed by atoms with Crippen molar-refractivity contribution >= 4 is 35.6 Å². The summed E-state index contributed by atoms with van der Waals surface area (Å²) in [5.41, 5.74) is 6.22. The van der Waals surface area contributed by atoms with Crippen LogP contribution in [0.5, 0.6) is 0 Å². The number of non-ortho nitro benzene ring substituents is 1. The van der Waals surface area contributed by atoms with Crippen LogP contribution in [0.1, 0.15) is 38.5 Å². The van der Waals surface area contributed by atoms with Gasteiger partial charge in [-0.2, -0.15) is 0 Å². The molecule has 0 saturated carbocycles. The normalized spacial score (nSPS) is 15.9. The number of anilines is 1. The van der Waals surface area contributed by atoms with Gasteiger partial charge in [0.25, 0.3) is 5.69 Å². The molecule has 0 spiro atoms. The largest absolute Gasteiger partial charge is 0.385 e. The molecular formula is C19H30ClN5O4. The van der Waals surface area contributed by atoms with Gasteiger partial charge < -0.3 is 21.3 Å². The van der Waals surface area contributed by atoms with Gasteiger partial charge in [0.1, 0.15) is 0 Å².